The van der Waals surface area contributed by atoms with E-state index in [1.165, 1.54) is 0 Å². The molecule has 2 rings (SSSR count). The minimum atomic E-state index is -1.16. The number of hydrogen-bond acceptors (Lipinski definition) is 4. The monoisotopic (exact) mass is 389 g/mol. The number of amides is 4. The molecular weight excluding hydrogens is 358 g/mol. The van der Waals surface area contributed by atoms with Crippen molar-refractivity contribution in [1.29, 1.82) is 0 Å². The van der Waals surface area contributed by atoms with Gasteiger partial charge in [-0.3, -0.25) is 14.5 Å². The maximum Gasteiger partial charge on any atom is 0.325 e. The molecule has 2 N–H and O–H groups in total. The molecule has 1 heterocycles. The standard InChI is InChI=1S/C21H31N3O4/c1-6-21(16-9-11-17(28-5)12-10-16)19(26)24(20(27)23-21)13-18(25)22-15(4)8-7-14(2)3/h9-12,14-15H,6-8,13H2,1-5H3,(H,22,25)(H,23,27)/t15-,21-/m1/s1. The number of hydrogen-bond donors (Lipinski definition) is 2. The van der Waals surface area contributed by atoms with E-state index in [1.54, 1.807) is 31.4 Å². The third-order valence-electron chi connectivity index (χ3n) is 5.18. The lowest BCUT2D eigenvalue weighted by Gasteiger charge is -2.26. The maximum absolute atomic E-state index is 13.1. The van der Waals surface area contributed by atoms with Crippen molar-refractivity contribution in [3.05, 3.63) is 29.8 Å². The molecule has 7 heteroatoms. The Bertz CT molecular complexity index is 717. The molecule has 154 valence electrons. The summed E-state index contributed by atoms with van der Waals surface area (Å²) in [6.45, 7) is 7.74. The molecule has 1 aromatic rings. The zero-order chi connectivity index (χ0) is 20.9. The van der Waals surface area contributed by atoms with Crippen LogP contribution < -0.4 is 15.4 Å². The van der Waals surface area contributed by atoms with Crippen LogP contribution in [0.25, 0.3) is 0 Å². The highest BCUT2D eigenvalue weighted by Gasteiger charge is 2.51. The predicted molar refractivity (Wildman–Crippen MR) is 107 cm³/mol. The minimum absolute atomic E-state index is 0.00631. The summed E-state index contributed by atoms with van der Waals surface area (Å²) in [6, 6.07) is 6.47. The molecule has 0 radical (unpaired) electrons. The van der Waals surface area contributed by atoms with Gasteiger partial charge in [-0.25, -0.2) is 4.79 Å². The fourth-order valence-corrected chi connectivity index (χ4v) is 3.40. The second kappa shape index (κ2) is 9.08. The first kappa shape index (κ1) is 21.7. The summed E-state index contributed by atoms with van der Waals surface area (Å²) in [5.41, 5.74) is -0.491. The van der Waals surface area contributed by atoms with E-state index in [-0.39, 0.29) is 18.5 Å². The van der Waals surface area contributed by atoms with Crippen LogP contribution in [0.4, 0.5) is 4.79 Å². The van der Waals surface area contributed by atoms with Crippen LogP contribution in [0, 0.1) is 5.92 Å². The molecular formula is C21H31N3O4. The number of carbonyl (C=O) groups excluding carboxylic acids is 3. The van der Waals surface area contributed by atoms with Gasteiger partial charge in [-0.05, 0) is 49.8 Å². The minimum Gasteiger partial charge on any atom is -0.497 e. The number of rotatable bonds is 9. The highest BCUT2D eigenvalue weighted by molar-refractivity contribution is 6.09. The van der Waals surface area contributed by atoms with Gasteiger partial charge in [0.25, 0.3) is 5.91 Å². The van der Waals surface area contributed by atoms with Crippen LogP contribution in [-0.2, 0) is 15.1 Å². The normalized spacial score (nSPS) is 20.3. The molecule has 2 atom stereocenters. The van der Waals surface area contributed by atoms with E-state index in [0.29, 0.717) is 23.7 Å². The van der Waals surface area contributed by atoms with E-state index in [2.05, 4.69) is 24.5 Å². The third-order valence-corrected chi connectivity index (χ3v) is 5.18. The molecule has 0 aromatic heterocycles. The van der Waals surface area contributed by atoms with Crippen molar-refractivity contribution in [2.24, 2.45) is 5.92 Å². The highest BCUT2D eigenvalue weighted by Crippen LogP contribution is 2.33. The summed E-state index contributed by atoms with van der Waals surface area (Å²) in [5, 5.41) is 5.66. The number of methoxy groups -OCH3 is 1. The zero-order valence-corrected chi connectivity index (χ0v) is 17.4. The van der Waals surface area contributed by atoms with E-state index in [1.807, 2.05) is 13.8 Å². The molecule has 28 heavy (non-hydrogen) atoms. The topological polar surface area (TPSA) is 87.7 Å². The summed E-state index contributed by atoms with van der Waals surface area (Å²) in [6.07, 6.45) is 2.24. The lowest BCUT2D eigenvalue weighted by atomic mass is 9.87. The van der Waals surface area contributed by atoms with E-state index in [4.69, 9.17) is 4.74 Å². The van der Waals surface area contributed by atoms with E-state index >= 15 is 0 Å². The molecule has 1 fully saturated rings. The second-order valence-electron chi connectivity index (χ2n) is 7.75. The average molecular weight is 389 g/mol. The Kier molecular flexibility index (Phi) is 7.05. The van der Waals surface area contributed by atoms with Gasteiger partial charge in [0, 0.05) is 6.04 Å². The van der Waals surface area contributed by atoms with Crippen molar-refractivity contribution in [2.45, 2.75) is 58.5 Å². The fourth-order valence-electron chi connectivity index (χ4n) is 3.40. The molecule has 0 saturated carbocycles. The van der Waals surface area contributed by atoms with Crippen LogP contribution >= 0.6 is 0 Å². The predicted octanol–water partition coefficient (Wildman–Crippen LogP) is 2.79. The maximum atomic E-state index is 13.1. The van der Waals surface area contributed by atoms with E-state index < -0.39 is 17.5 Å². The third kappa shape index (κ3) is 4.64. The number of carbonyl (C=O) groups is 3. The van der Waals surface area contributed by atoms with Crippen molar-refractivity contribution < 1.29 is 19.1 Å². The molecule has 1 saturated heterocycles. The highest BCUT2D eigenvalue weighted by atomic mass is 16.5. The first-order valence-electron chi connectivity index (χ1n) is 9.81. The van der Waals surface area contributed by atoms with E-state index in [9.17, 15) is 14.4 Å². The lowest BCUT2D eigenvalue weighted by molar-refractivity contribution is -0.135. The molecule has 1 aliphatic heterocycles. The van der Waals surface area contributed by atoms with Crippen molar-refractivity contribution in [3.63, 3.8) is 0 Å². The van der Waals surface area contributed by atoms with Gasteiger partial charge in [0.15, 0.2) is 0 Å². The van der Waals surface area contributed by atoms with E-state index in [0.717, 1.165) is 17.7 Å². The number of urea groups is 1. The second-order valence-corrected chi connectivity index (χ2v) is 7.75. The summed E-state index contributed by atoms with van der Waals surface area (Å²) in [7, 11) is 1.57. The summed E-state index contributed by atoms with van der Waals surface area (Å²) < 4.78 is 5.16. The Morgan fingerprint density at radius 1 is 1.18 bits per heavy atom. The van der Waals surface area contributed by atoms with Gasteiger partial charge < -0.3 is 15.4 Å². The van der Waals surface area contributed by atoms with Crippen molar-refractivity contribution >= 4 is 17.8 Å². The number of ether oxygens (including phenoxy) is 1. The Balaban J connectivity index is 2.09. The van der Waals surface area contributed by atoms with Gasteiger partial charge in [0.05, 0.1) is 7.11 Å². The summed E-state index contributed by atoms with van der Waals surface area (Å²) in [5.74, 6) is 0.481. The van der Waals surface area contributed by atoms with Gasteiger partial charge in [-0.1, -0.05) is 32.9 Å². The van der Waals surface area contributed by atoms with Crippen LogP contribution in [0.15, 0.2) is 24.3 Å². The molecule has 0 bridgehead atoms. The van der Waals surface area contributed by atoms with Crippen LogP contribution in [0.5, 0.6) is 5.75 Å². The van der Waals surface area contributed by atoms with Gasteiger partial charge in [-0.15, -0.1) is 0 Å². The number of imide groups is 1. The fraction of sp³-hybridized carbons (Fsp3) is 0.571. The number of nitrogens with one attached hydrogen (secondary N) is 2. The van der Waals surface area contributed by atoms with Crippen LogP contribution in [-0.4, -0.2) is 42.4 Å². The molecule has 0 spiro atoms. The summed E-state index contributed by atoms with van der Waals surface area (Å²) in [4.78, 5) is 38.9. The molecule has 7 nitrogen and oxygen atoms in total. The first-order valence-corrected chi connectivity index (χ1v) is 9.81. The van der Waals surface area contributed by atoms with Crippen LogP contribution in [0.3, 0.4) is 0 Å². The Morgan fingerprint density at radius 2 is 1.82 bits per heavy atom. The average Bonchev–Trinajstić information content (AvgIpc) is 2.91. The van der Waals surface area contributed by atoms with Crippen molar-refractivity contribution in [1.82, 2.24) is 15.5 Å². The zero-order valence-electron chi connectivity index (χ0n) is 17.4. The quantitative estimate of drug-likeness (QED) is 0.636. The lowest BCUT2D eigenvalue weighted by Crippen LogP contribution is -2.45. The summed E-state index contributed by atoms with van der Waals surface area (Å²) >= 11 is 0. The molecule has 1 aromatic carbocycles. The molecule has 0 unspecified atom stereocenters. The van der Waals surface area contributed by atoms with Gasteiger partial charge >= 0.3 is 6.03 Å². The van der Waals surface area contributed by atoms with Crippen LogP contribution in [0.2, 0.25) is 0 Å². The SMILES string of the molecule is CC[C@]1(c2ccc(OC)cc2)NC(=O)N(CC(=O)N[C@H](C)CCC(C)C)C1=O. The Labute approximate surface area is 166 Å². The largest absolute Gasteiger partial charge is 0.497 e. The van der Waals surface area contributed by atoms with Crippen molar-refractivity contribution in [2.75, 3.05) is 13.7 Å². The van der Waals surface area contributed by atoms with Gasteiger partial charge in [0.1, 0.15) is 17.8 Å². The molecule has 1 aliphatic rings. The van der Waals surface area contributed by atoms with Crippen molar-refractivity contribution in [3.8, 4) is 5.75 Å². The Morgan fingerprint density at radius 3 is 2.36 bits per heavy atom. The van der Waals surface area contributed by atoms with Crippen LogP contribution in [0.1, 0.15) is 52.5 Å². The van der Waals surface area contributed by atoms with Gasteiger partial charge in [-0.2, -0.15) is 0 Å². The molecule has 0 aliphatic carbocycles. The van der Waals surface area contributed by atoms with Gasteiger partial charge in [0.2, 0.25) is 5.91 Å². The smallest absolute Gasteiger partial charge is 0.325 e. The number of benzene rings is 1. The number of nitrogens with zero attached hydrogens (tertiary/aromatic N) is 1. The first-order chi connectivity index (χ1) is 13.2. The Hall–Kier alpha value is -2.57. The molecule has 4 amide bonds.